The summed E-state index contributed by atoms with van der Waals surface area (Å²) < 4.78 is 0. The van der Waals surface area contributed by atoms with E-state index in [-0.39, 0.29) is 12.5 Å². The molecule has 5 nitrogen and oxygen atoms in total. The molecular formula is C14H16N2O3S. The molecule has 1 aromatic carbocycles. The third kappa shape index (κ3) is 2.70. The highest BCUT2D eigenvalue weighted by molar-refractivity contribution is 7.80. The second-order valence-corrected chi connectivity index (χ2v) is 5.29. The first-order valence-corrected chi connectivity index (χ1v) is 6.83. The van der Waals surface area contributed by atoms with Crippen LogP contribution < -0.4 is 5.32 Å². The van der Waals surface area contributed by atoms with Crippen LogP contribution in [0.15, 0.2) is 23.1 Å². The molecule has 0 bridgehead atoms. The maximum atomic E-state index is 12.6. The van der Waals surface area contributed by atoms with Gasteiger partial charge in [-0.05, 0) is 31.0 Å². The number of thiol groups is 1. The van der Waals surface area contributed by atoms with Crippen molar-refractivity contribution < 1.29 is 14.4 Å². The molecule has 3 amide bonds. The first-order chi connectivity index (χ1) is 9.43. The van der Waals surface area contributed by atoms with E-state index in [4.69, 9.17) is 0 Å². The Morgan fingerprint density at radius 1 is 1.45 bits per heavy atom. The molecule has 6 heteroatoms. The van der Waals surface area contributed by atoms with Crippen molar-refractivity contribution in [2.75, 3.05) is 6.54 Å². The van der Waals surface area contributed by atoms with Gasteiger partial charge < -0.3 is 4.90 Å². The third-order valence-electron chi connectivity index (χ3n) is 3.35. The van der Waals surface area contributed by atoms with Crippen molar-refractivity contribution in [2.45, 2.75) is 31.2 Å². The van der Waals surface area contributed by atoms with Crippen molar-refractivity contribution in [2.24, 2.45) is 0 Å². The Hall–Kier alpha value is -1.82. The van der Waals surface area contributed by atoms with Crippen molar-refractivity contribution >= 4 is 30.4 Å². The highest BCUT2D eigenvalue weighted by Crippen LogP contribution is 2.19. The number of nitrogens with zero attached hydrogens (tertiary/aromatic N) is 1. The molecule has 1 fully saturated rings. The summed E-state index contributed by atoms with van der Waals surface area (Å²) in [6.07, 6.45) is 0.463. The SMILES string of the molecule is CCC1C(=O)NC(=O)CN1C(=O)c1cc(S)ccc1C. The zero-order chi connectivity index (χ0) is 14.9. The fraction of sp³-hybridized carbons (Fsp3) is 0.357. The molecule has 1 aliphatic rings. The van der Waals surface area contributed by atoms with E-state index in [2.05, 4.69) is 17.9 Å². The summed E-state index contributed by atoms with van der Waals surface area (Å²) in [5.74, 6) is -1.18. The van der Waals surface area contributed by atoms with Crippen LogP contribution in [0.2, 0.25) is 0 Å². The molecule has 1 N–H and O–H groups in total. The van der Waals surface area contributed by atoms with Gasteiger partial charge in [0.1, 0.15) is 12.6 Å². The lowest BCUT2D eigenvalue weighted by Gasteiger charge is -2.33. The molecule has 106 valence electrons. The van der Waals surface area contributed by atoms with E-state index in [1.165, 1.54) is 4.90 Å². The summed E-state index contributed by atoms with van der Waals surface area (Å²) >= 11 is 4.22. The largest absolute Gasteiger partial charge is 0.317 e. The number of aryl methyl sites for hydroxylation is 1. The zero-order valence-corrected chi connectivity index (χ0v) is 12.2. The monoisotopic (exact) mass is 292 g/mol. The first-order valence-electron chi connectivity index (χ1n) is 6.38. The third-order valence-corrected chi connectivity index (χ3v) is 3.63. The molecule has 20 heavy (non-hydrogen) atoms. The second kappa shape index (κ2) is 5.66. The smallest absolute Gasteiger partial charge is 0.255 e. The predicted octanol–water partition coefficient (Wildman–Crippen LogP) is 1.16. The Kier molecular flexibility index (Phi) is 4.13. The van der Waals surface area contributed by atoms with E-state index < -0.39 is 17.9 Å². The molecule has 1 unspecified atom stereocenters. The predicted molar refractivity (Wildman–Crippen MR) is 76.7 cm³/mol. The van der Waals surface area contributed by atoms with Crippen molar-refractivity contribution in [3.63, 3.8) is 0 Å². The van der Waals surface area contributed by atoms with Crippen LogP contribution in [0.4, 0.5) is 0 Å². The summed E-state index contributed by atoms with van der Waals surface area (Å²) in [6.45, 7) is 3.52. The highest BCUT2D eigenvalue weighted by atomic mass is 32.1. The van der Waals surface area contributed by atoms with E-state index in [1.807, 2.05) is 13.8 Å². The molecule has 0 aromatic heterocycles. The van der Waals surface area contributed by atoms with Gasteiger partial charge in [0.05, 0.1) is 0 Å². The van der Waals surface area contributed by atoms with Crippen LogP contribution in [0.3, 0.4) is 0 Å². The van der Waals surface area contributed by atoms with Crippen molar-refractivity contribution in [1.82, 2.24) is 10.2 Å². The van der Waals surface area contributed by atoms with Crippen LogP contribution in [-0.4, -0.2) is 35.2 Å². The minimum Gasteiger partial charge on any atom is -0.317 e. The van der Waals surface area contributed by atoms with E-state index in [0.717, 1.165) is 5.56 Å². The summed E-state index contributed by atoms with van der Waals surface area (Å²) in [4.78, 5) is 37.9. The Balaban J connectivity index is 2.37. The van der Waals surface area contributed by atoms with Gasteiger partial charge in [-0.25, -0.2) is 0 Å². The highest BCUT2D eigenvalue weighted by Gasteiger charge is 2.36. The zero-order valence-electron chi connectivity index (χ0n) is 11.3. The van der Waals surface area contributed by atoms with Crippen molar-refractivity contribution in [3.05, 3.63) is 29.3 Å². The lowest BCUT2D eigenvalue weighted by atomic mass is 10.0. The number of carbonyl (C=O) groups excluding carboxylic acids is 3. The fourth-order valence-electron chi connectivity index (χ4n) is 2.28. The van der Waals surface area contributed by atoms with Gasteiger partial charge in [0.15, 0.2) is 0 Å². The van der Waals surface area contributed by atoms with Crippen LogP contribution in [0.5, 0.6) is 0 Å². The minimum atomic E-state index is -0.608. The molecule has 1 aromatic rings. The average molecular weight is 292 g/mol. The summed E-state index contributed by atoms with van der Waals surface area (Å²) in [5.41, 5.74) is 1.26. The normalized spacial score (nSPS) is 18.9. The average Bonchev–Trinajstić information content (AvgIpc) is 2.40. The quantitative estimate of drug-likeness (QED) is 0.635. The van der Waals surface area contributed by atoms with E-state index in [1.54, 1.807) is 18.2 Å². The Morgan fingerprint density at radius 2 is 2.15 bits per heavy atom. The van der Waals surface area contributed by atoms with Crippen molar-refractivity contribution in [1.29, 1.82) is 0 Å². The van der Waals surface area contributed by atoms with E-state index in [0.29, 0.717) is 16.9 Å². The van der Waals surface area contributed by atoms with Crippen LogP contribution in [-0.2, 0) is 9.59 Å². The number of hydrogen-bond donors (Lipinski definition) is 2. The lowest BCUT2D eigenvalue weighted by Crippen LogP contribution is -2.59. The van der Waals surface area contributed by atoms with E-state index >= 15 is 0 Å². The summed E-state index contributed by atoms with van der Waals surface area (Å²) in [7, 11) is 0. The Labute approximate surface area is 122 Å². The Morgan fingerprint density at radius 3 is 2.80 bits per heavy atom. The number of piperazine rings is 1. The topological polar surface area (TPSA) is 66.5 Å². The van der Waals surface area contributed by atoms with Gasteiger partial charge in [-0.2, -0.15) is 0 Å². The van der Waals surface area contributed by atoms with Gasteiger partial charge >= 0.3 is 0 Å². The van der Waals surface area contributed by atoms with Gasteiger partial charge in [0, 0.05) is 10.5 Å². The van der Waals surface area contributed by atoms with Gasteiger partial charge in [-0.1, -0.05) is 13.0 Å². The van der Waals surface area contributed by atoms with Crippen LogP contribution >= 0.6 is 12.6 Å². The molecule has 1 aliphatic heterocycles. The van der Waals surface area contributed by atoms with Crippen LogP contribution in [0, 0.1) is 6.92 Å². The molecule has 0 radical (unpaired) electrons. The molecule has 1 heterocycles. The van der Waals surface area contributed by atoms with Gasteiger partial charge in [0.2, 0.25) is 11.8 Å². The molecular weight excluding hydrogens is 276 g/mol. The number of rotatable bonds is 2. The molecule has 1 atom stereocenters. The standard InChI is InChI=1S/C14H16N2O3S/c1-3-11-13(18)15-12(17)7-16(11)14(19)10-6-9(20)5-4-8(10)2/h4-6,11,20H,3,7H2,1-2H3,(H,15,17,18). The van der Waals surface area contributed by atoms with Gasteiger partial charge in [-0.3, -0.25) is 19.7 Å². The summed E-state index contributed by atoms with van der Waals surface area (Å²) in [6, 6.07) is 4.64. The lowest BCUT2D eigenvalue weighted by molar-refractivity contribution is -0.138. The van der Waals surface area contributed by atoms with Crippen LogP contribution in [0.1, 0.15) is 29.3 Å². The maximum absolute atomic E-state index is 12.6. The molecule has 1 saturated heterocycles. The van der Waals surface area contributed by atoms with Crippen LogP contribution in [0.25, 0.3) is 0 Å². The number of benzene rings is 1. The minimum absolute atomic E-state index is 0.0979. The van der Waals surface area contributed by atoms with Gasteiger partial charge in [-0.15, -0.1) is 12.6 Å². The molecule has 0 spiro atoms. The van der Waals surface area contributed by atoms with Gasteiger partial charge in [0.25, 0.3) is 5.91 Å². The first kappa shape index (κ1) is 14.6. The summed E-state index contributed by atoms with van der Waals surface area (Å²) in [5, 5.41) is 2.26. The number of nitrogens with one attached hydrogen (secondary N) is 1. The maximum Gasteiger partial charge on any atom is 0.255 e. The molecule has 0 aliphatic carbocycles. The number of hydrogen-bond acceptors (Lipinski definition) is 4. The number of carbonyl (C=O) groups is 3. The Bertz CT molecular complexity index is 586. The van der Waals surface area contributed by atoms with E-state index in [9.17, 15) is 14.4 Å². The second-order valence-electron chi connectivity index (χ2n) is 4.77. The number of imide groups is 1. The van der Waals surface area contributed by atoms with Crippen molar-refractivity contribution in [3.8, 4) is 0 Å². The fourth-order valence-corrected chi connectivity index (χ4v) is 2.48. The molecule has 0 saturated carbocycles. The molecule has 2 rings (SSSR count). The number of amides is 3.